The van der Waals surface area contributed by atoms with Gasteiger partial charge in [-0.1, -0.05) is 66.7 Å². The molecule has 5 aromatic rings. The van der Waals surface area contributed by atoms with Crippen LogP contribution in [0.2, 0.25) is 0 Å². The zero-order chi connectivity index (χ0) is 24.0. The van der Waals surface area contributed by atoms with E-state index < -0.39 is 0 Å². The van der Waals surface area contributed by atoms with Crippen molar-refractivity contribution < 1.29 is 14.6 Å². The van der Waals surface area contributed by atoms with Crippen molar-refractivity contribution in [2.75, 3.05) is 4.90 Å². The molecule has 5 rings (SSSR count). The number of benzene rings is 4. The zero-order valence-corrected chi connectivity index (χ0v) is 18.8. The minimum absolute atomic E-state index is 0.0990. The summed E-state index contributed by atoms with van der Waals surface area (Å²) in [6.45, 7) is 0.305. The largest absolute Gasteiger partial charge is 0.503 e. The lowest BCUT2D eigenvalue weighted by atomic mass is 10.1. The summed E-state index contributed by atoms with van der Waals surface area (Å²) < 4.78 is 5.06. The Labute approximate surface area is 203 Å². The molecule has 0 aliphatic rings. The number of ether oxygens (including phenoxy) is 1. The molecule has 1 N–H and O–H groups in total. The number of aromatic hydroxyl groups is 1. The van der Waals surface area contributed by atoms with Gasteiger partial charge in [-0.2, -0.15) is 0 Å². The minimum atomic E-state index is -0.178. The minimum Gasteiger partial charge on any atom is -0.503 e. The molecular formula is C30H22N2O3. The molecule has 1 aromatic heterocycles. The third-order valence-electron chi connectivity index (χ3n) is 5.63. The van der Waals surface area contributed by atoms with E-state index in [0.717, 1.165) is 22.6 Å². The number of carbonyl (C=O) groups excluding carboxylic acids is 1. The highest BCUT2D eigenvalue weighted by atomic mass is 16.5. The van der Waals surface area contributed by atoms with Crippen molar-refractivity contribution in [3.63, 3.8) is 0 Å². The molecule has 0 unspecified atom stereocenters. The highest BCUT2D eigenvalue weighted by Crippen LogP contribution is 2.37. The molecule has 5 nitrogen and oxygen atoms in total. The summed E-state index contributed by atoms with van der Waals surface area (Å²) in [6.07, 6.45) is 3.57. The maximum Gasteiger partial charge on any atom is 0.298 e. The molecule has 4 aromatic carbocycles. The normalized spacial score (nSPS) is 11.0. The smallest absolute Gasteiger partial charge is 0.298 e. The zero-order valence-electron chi connectivity index (χ0n) is 18.8. The molecule has 5 heteroatoms. The van der Waals surface area contributed by atoms with Gasteiger partial charge in [-0.3, -0.25) is 4.79 Å². The van der Waals surface area contributed by atoms with Crippen LogP contribution in [0.15, 0.2) is 109 Å². The van der Waals surface area contributed by atoms with Gasteiger partial charge >= 0.3 is 0 Å². The molecule has 0 atom stereocenters. The fourth-order valence-electron chi connectivity index (χ4n) is 3.98. The van der Waals surface area contributed by atoms with E-state index in [1.54, 1.807) is 24.3 Å². The van der Waals surface area contributed by atoms with Crippen LogP contribution < -0.4 is 9.64 Å². The van der Waals surface area contributed by atoms with Gasteiger partial charge in [0.05, 0.1) is 5.52 Å². The van der Waals surface area contributed by atoms with Crippen molar-refractivity contribution in [3.8, 4) is 11.5 Å². The quantitative estimate of drug-likeness (QED) is 0.263. The van der Waals surface area contributed by atoms with Crippen LogP contribution in [0.4, 0.5) is 17.1 Å². The second-order valence-corrected chi connectivity index (χ2v) is 7.84. The maximum absolute atomic E-state index is 11.0. The van der Waals surface area contributed by atoms with Crippen LogP contribution in [-0.4, -0.2) is 16.6 Å². The average molecular weight is 459 g/mol. The van der Waals surface area contributed by atoms with Crippen LogP contribution in [0.5, 0.6) is 11.5 Å². The fraction of sp³-hybridized carbons (Fsp3) is 0. The molecule has 0 fully saturated rings. The van der Waals surface area contributed by atoms with Gasteiger partial charge < -0.3 is 14.7 Å². The van der Waals surface area contributed by atoms with E-state index >= 15 is 0 Å². The monoisotopic (exact) mass is 458 g/mol. The number of anilines is 3. The van der Waals surface area contributed by atoms with E-state index in [-0.39, 0.29) is 11.5 Å². The van der Waals surface area contributed by atoms with E-state index in [9.17, 15) is 9.90 Å². The summed E-state index contributed by atoms with van der Waals surface area (Å²) in [7, 11) is 0. The average Bonchev–Trinajstić information content (AvgIpc) is 2.91. The Bertz CT molecular complexity index is 1440. The van der Waals surface area contributed by atoms with E-state index in [4.69, 9.17) is 4.74 Å². The third kappa shape index (κ3) is 4.61. The number of fused-ring (bicyclic) bond motifs is 1. The Balaban J connectivity index is 1.47. The number of para-hydroxylation sites is 3. The lowest BCUT2D eigenvalue weighted by Gasteiger charge is -2.25. The number of hydrogen-bond acceptors (Lipinski definition) is 5. The van der Waals surface area contributed by atoms with Crippen molar-refractivity contribution in [1.29, 1.82) is 0 Å². The van der Waals surface area contributed by atoms with Crippen LogP contribution in [-0.2, 0) is 4.79 Å². The predicted molar refractivity (Wildman–Crippen MR) is 140 cm³/mol. The first-order valence-corrected chi connectivity index (χ1v) is 11.1. The summed E-state index contributed by atoms with van der Waals surface area (Å²) in [5.41, 5.74) is 5.03. The molecule has 0 radical (unpaired) electrons. The van der Waals surface area contributed by atoms with Crippen molar-refractivity contribution in [3.05, 3.63) is 120 Å². The first-order valence-electron chi connectivity index (χ1n) is 11.1. The lowest BCUT2D eigenvalue weighted by Crippen LogP contribution is -2.09. The second kappa shape index (κ2) is 9.93. The molecule has 0 amide bonds. The number of rotatable bonds is 7. The van der Waals surface area contributed by atoms with Gasteiger partial charge in [0.1, 0.15) is 5.69 Å². The van der Waals surface area contributed by atoms with E-state index in [1.807, 2.05) is 72.8 Å². The summed E-state index contributed by atoms with van der Waals surface area (Å²) in [4.78, 5) is 17.7. The van der Waals surface area contributed by atoms with Crippen molar-refractivity contribution in [2.45, 2.75) is 0 Å². The van der Waals surface area contributed by atoms with Crippen molar-refractivity contribution in [2.24, 2.45) is 0 Å². The Morgan fingerprint density at radius 3 is 1.89 bits per heavy atom. The Hall–Kier alpha value is -4.90. The Morgan fingerprint density at radius 1 is 0.686 bits per heavy atom. The number of hydrogen-bond donors (Lipinski definition) is 1. The van der Waals surface area contributed by atoms with Gasteiger partial charge in [-0.15, -0.1) is 0 Å². The molecule has 0 bridgehead atoms. The van der Waals surface area contributed by atoms with Crippen LogP contribution in [0.3, 0.4) is 0 Å². The molecule has 35 heavy (non-hydrogen) atoms. The SMILES string of the molecule is O=COc1c(O)c(C=Cc2ccc(N(c3ccccc3)c3ccccc3)cc2)nc2ccccc12. The fourth-order valence-corrected chi connectivity index (χ4v) is 3.98. The van der Waals surface area contributed by atoms with Crippen LogP contribution in [0, 0.1) is 0 Å². The number of aromatic nitrogens is 1. The highest BCUT2D eigenvalue weighted by Gasteiger charge is 2.14. The first kappa shape index (κ1) is 21.9. The first-order chi connectivity index (χ1) is 17.2. The molecule has 0 saturated heterocycles. The third-order valence-corrected chi connectivity index (χ3v) is 5.63. The van der Waals surface area contributed by atoms with Crippen LogP contribution in [0.1, 0.15) is 11.3 Å². The van der Waals surface area contributed by atoms with Crippen LogP contribution >= 0.6 is 0 Å². The molecule has 0 saturated carbocycles. The second-order valence-electron chi connectivity index (χ2n) is 7.84. The van der Waals surface area contributed by atoms with Gasteiger partial charge in [0.25, 0.3) is 6.47 Å². The van der Waals surface area contributed by atoms with E-state index in [0.29, 0.717) is 23.1 Å². The van der Waals surface area contributed by atoms with Gasteiger partial charge in [0.15, 0.2) is 11.5 Å². The molecule has 1 heterocycles. The molecule has 0 aliphatic carbocycles. The summed E-state index contributed by atoms with van der Waals surface area (Å²) >= 11 is 0. The standard InChI is InChI=1S/C30H22N2O3/c33-21-35-30-26-13-7-8-14-27(26)31-28(29(30)34)20-17-22-15-18-25(19-16-22)32(23-9-3-1-4-10-23)24-11-5-2-6-12-24/h1-21,34H. The van der Waals surface area contributed by atoms with E-state index in [1.165, 1.54) is 0 Å². The molecule has 0 aliphatic heterocycles. The van der Waals surface area contributed by atoms with Crippen LogP contribution in [0.25, 0.3) is 23.1 Å². The summed E-state index contributed by atoms with van der Waals surface area (Å²) in [5.74, 6) is -0.0787. The predicted octanol–water partition coefficient (Wildman–Crippen LogP) is 7.12. The van der Waals surface area contributed by atoms with Crippen molar-refractivity contribution in [1.82, 2.24) is 4.98 Å². The molecule has 170 valence electrons. The molecule has 0 spiro atoms. The van der Waals surface area contributed by atoms with Crippen molar-refractivity contribution >= 4 is 46.6 Å². The summed E-state index contributed by atoms with van der Waals surface area (Å²) in [5, 5.41) is 11.2. The highest BCUT2D eigenvalue weighted by molar-refractivity contribution is 5.91. The van der Waals surface area contributed by atoms with Gasteiger partial charge in [0.2, 0.25) is 0 Å². The topological polar surface area (TPSA) is 62.7 Å². The van der Waals surface area contributed by atoms with Gasteiger partial charge in [-0.25, -0.2) is 4.98 Å². The number of pyridine rings is 1. The summed E-state index contributed by atoms with van der Waals surface area (Å²) in [6, 6.07) is 35.7. The molecular weight excluding hydrogens is 436 g/mol. The number of carbonyl (C=O) groups is 1. The van der Waals surface area contributed by atoms with Gasteiger partial charge in [-0.05, 0) is 60.2 Å². The Kier molecular flexibility index (Phi) is 6.22. The van der Waals surface area contributed by atoms with Gasteiger partial charge in [0, 0.05) is 22.4 Å². The van der Waals surface area contributed by atoms with E-state index in [2.05, 4.69) is 34.1 Å². The maximum atomic E-state index is 11.0. The lowest BCUT2D eigenvalue weighted by molar-refractivity contribution is -0.120. The number of nitrogens with zero attached hydrogens (tertiary/aromatic N) is 2. The Morgan fingerprint density at radius 2 is 1.26 bits per heavy atom.